The highest BCUT2D eigenvalue weighted by atomic mass is 16.4. The van der Waals surface area contributed by atoms with E-state index < -0.39 is 12.0 Å². The Bertz CT molecular complexity index is 548. The zero-order chi connectivity index (χ0) is 13.8. The number of rotatable bonds is 3. The van der Waals surface area contributed by atoms with Gasteiger partial charge in [-0.15, -0.1) is 0 Å². The van der Waals surface area contributed by atoms with Gasteiger partial charge in [0.25, 0.3) is 5.91 Å². The van der Waals surface area contributed by atoms with E-state index in [9.17, 15) is 9.59 Å². The molecule has 1 heterocycles. The van der Waals surface area contributed by atoms with Crippen LogP contribution in [-0.4, -0.2) is 34.5 Å². The first-order chi connectivity index (χ1) is 9.15. The van der Waals surface area contributed by atoms with E-state index in [1.54, 1.807) is 24.3 Å². The molecule has 1 aliphatic rings. The SMILES string of the molecule is N#CCc1ccccc1C(=O)N1CCCC1C(=O)O. The number of benzene rings is 1. The Kier molecular flexibility index (Phi) is 3.81. The molecule has 1 unspecified atom stereocenters. The van der Waals surface area contributed by atoms with Gasteiger partial charge in [0.05, 0.1) is 12.5 Å². The molecular weight excluding hydrogens is 244 g/mol. The number of nitrogens with zero attached hydrogens (tertiary/aromatic N) is 2. The highest BCUT2D eigenvalue weighted by Gasteiger charge is 2.34. The van der Waals surface area contributed by atoms with Crippen molar-refractivity contribution in [3.63, 3.8) is 0 Å². The van der Waals surface area contributed by atoms with E-state index >= 15 is 0 Å². The van der Waals surface area contributed by atoms with Crippen molar-refractivity contribution >= 4 is 11.9 Å². The molecule has 19 heavy (non-hydrogen) atoms. The summed E-state index contributed by atoms with van der Waals surface area (Å²) in [5, 5.41) is 17.9. The molecule has 0 bridgehead atoms. The molecule has 1 aromatic rings. The maximum absolute atomic E-state index is 12.4. The van der Waals surface area contributed by atoms with Gasteiger partial charge in [0.15, 0.2) is 0 Å². The van der Waals surface area contributed by atoms with Gasteiger partial charge in [0, 0.05) is 12.1 Å². The van der Waals surface area contributed by atoms with Gasteiger partial charge in [-0.1, -0.05) is 18.2 Å². The Hall–Kier alpha value is -2.35. The lowest BCUT2D eigenvalue weighted by atomic mass is 10.0. The molecular formula is C14H14N2O3. The topological polar surface area (TPSA) is 81.4 Å². The van der Waals surface area contributed by atoms with Crippen molar-refractivity contribution < 1.29 is 14.7 Å². The number of carbonyl (C=O) groups is 2. The maximum atomic E-state index is 12.4. The van der Waals surface area contributed by atoms with Gasteiger partial charge < -0.3 is 10.0 Å². The lowest BCUT2D eigenvalue weighted by Gasteiger charge is -2.22. The van der Waals surface area contributed by atoms with Crippen LogP contribution in [0.2, 0.25) is 0 Å². The summed E-state index contributed by atoms with van der Waals surface area (Å²) in [4.78, 5) is 24.9. The summed E-state index contributed by atoms with van der Waals surface area (Å²) in [6, 6.07) is 8.13. The van der Waals surface area contributed by atoms with Crippen molar-refractivity contribution in [3.05, 3.63) is 35.4 Å². The molecule has 98 valence electrons. The Morgan fingerprint density at radius 2 is 2.16 bits per heavy atom. The molecule has 1 fully saturated rings. The number of aliphatic carboxylic acids is 1. The molecule has 2 rings (SSSR count). The molecule has 5 heteroatoms. The summed E-state index contributed by atoms with van der Waals surface area (Å²) in [6.45, 7) is 0.455. The normalized spacial score (nSPS) is 18.1. The molecule has 1 aliphatic heterocycles. The van der Waals surface area contributed by atoms with Gasteiger partial charge in [0.1, 0.15) is 6.04 Å². The van der Waals surface area contributed by atoms with E-state index in [1.165, 1.54) is 4.90 Å². The second-order valence-electron chi connectivity index (χ2n) is 4.49. The third-order valence-electron chi connectivity index (χ3n) is 3.32. The van der Waals surface area contributed by atoms with E-state index in [0.29, 0.717) is 30.5 Å². The second-order valence-corrected chi connectivity index (χ2v) is 4.49. The number of nitriles is 1. The van der Waals surface area contributed by atoms with Gasteiger partial charge in [-0.05, 0) is 24.5 Å². The number of hydrogen-bond donors (Lipinski definition) is 1. The van der Waals surface area contributed by atoms with Crippen molar-refractivity contribution in [2.24, 2.45) is 0 Å². The molecule has 1 atom stereocenters. The third-order valence-corrected chi connectivity index (χ3v) is 3.32. The predicted octanol–water partition coefficient (Wildman–Crippen LogP) is 1.44. The van der Waals surface area contributed by atoms with Crippen LogP contribution in [0.25, 0.3) is 0 Å². The zero-order valence-electron chi connectivity index (χ0n) is 10.4. The van der Waals surface area contributed by atoms with Crippen molar-refractivity contribution in [1.29, 1.82) is 5.26 Å². The second kappa shape index (κ2) is 5.53. The molecule has 1 N–H and O–H groups in total. The predicted molar refractivity (Wildman–Crippen MR) is 67.5 cm³/mol. The average Bonchev–Trinajstić information content (AvgIpc) is 2.88. The van der Waals surface area contributed by atoms with Crippen molar-refractivity contribution in [2.75, 3.05) is 6.54 Å². The minimum absolute atomic E-state index is 0.146. The van der Waals surface area contributed by atoms with Crippen LogP contribution in [0.5, 0.6) is 0 Å². The fourth-order valence-corrected chi connectivity index (χ4v) is 2.39. The van der Waals surface area contributed by atoms with Crippen LogP contribution in [0.15, 0.2) is 24.3 Å². The van der Waals surface area contributed by atoms with Gasteiger partial charge in [-0.2, -0.15) is 5.26 Å². The first kappa shape index (κ1) is 13.1. The molecule has 5 nitrogen and oxygen atoms in total. The summed E-state index contributed by atoms with van der Waals surface area (Å²) in [6.07, 6.45) is 1.33. The minimum Gasteiger partial charge on any atom is -0.480 e. The fourth-order valence-electron chi connectivity index (χ4n) is 2.39. The van der Waals surface area contributed by atoms with Crippen LogP contribution in [-0.2, 0) is 11.2 Å². The summed E-state index contributed by atoms with van der Waals surface area (Å²) in [5.74, 6) is -1.26. The lowest BCUT2D eigenvalue weighted by Crippen LogP contribution is -2.40. The molecule has 0 aliphatic carbocycles. The van der Waals surface area contributed by atoms with Gasteiger partial charge in [0.2, 0.25) is 0 Å². The van der Waals surface area contributed by atoms with E-state index in [-0.39, 0.29) is 12.3 Å². The summed E-state index contributed by atoms with van der Waals surface area (Å²) >= 11 is 0. The molecule has 0 radical (unpaired) electrons. The largest absolute Gasteiger partial charge is 0.480 e. The fraction of sp³-hybridized carbons (Fsp3) is 0.357. The summed E-state index contributed by atoms with van der Waals surface area (Å²) < 4.78 is 0. The Balaban J connectivity index is 2.29. The third kappa shape index (κ3) is 2.58. The number of carboxylic acids is 1. The summed E-state index contributed by atoms with van der Waals surface area (Å²) in [5.41, 5.74) is 1.07. The quantitative estimate of drug-likeness (QED) is 0.889. The minimum atomic E-state index is -0.969. The standard InChI is InChI=1S/C14H14N2O3/c15-8-7-10-4-1-2-5-11(10)13(17)16-9-3-6-12(16)14(18)19/h1-2,4-5,12H,3,6-7,9H2,(H,18,19). The molecule has 1 aromatic carbocycles. The number of carbonyl (C=O) groups excluding carboxylic acids is 1. The highest BCUT2D eigenvalue weighted by molar-refractivity contribution is 5.98. The molecule has 0 aromatic heterocycles. The van der Waals surface area contributed by atoms with E-state index in [1.807, 2.05) is 6.07 Å². The molecule has 1 saturated heterocycles. The summed E-state index contributed by atoms with van der Waals surface area (Å²) in [7, 11) is 0. The molecule has 1 amide bonds. The van der Waals surface area contributed by atoms with Crippen LogP contribution < -0.4 is 0 Å². The van der Waals surface area contributed by atoms with Crippen LogP contribution >= 0.6 is 0 Å². The Morgan fingerprint density at radius 1 is 1.42 bits per heavy atom. The van der Waals surface area contributed by atoms with Crippen molar-refractivity contribution in [3.8, 4) is 6.07 Å². The highest BCUT2D eigenvalue weighted by Crippen LogP contribution is 2.22. The molecule has 0 saturated carbocycles. The smallest absolute Gasteiger partial charge is 0.326 e. The van der Waals surface area contributed by atoms with Gasteiger partial charge >= 0.3 is 5.97 Å². The molecule has 0 spiro atoms. The zero-order valence-corrected chi connectivity index (χ0v) is 10.4. The van der Waals surface area contributed by atoms with Crippen LogP contribution in [0.1, 0.15) is 28.8 Å². The number of amides is 1. The van der Waals surface area contributed by atoms with Gasteiger partial charge in [-0.25, -0.2) is 4.79 Å². The van der Waals surface area contributed by atoms with Crippen LogP contribution in [0.3, 0.4) is 0 Å². The van der Waals surface area contributed by atoms with Gasteiger partial charge in [-0.3, -0.25) is 4.79 Å². The number of hydrogen-bond acceptors (Lipinski definition) is 3. The first-order valence-corrected chi connectivity index (χ1v) is 6.13. The Morgan fingerprint density at radius 3 is 2.84 bits per heavy atom. The van der Waals surface area contributed by atoms with E-state index in [4.69, 9.17) is 10.4 Å². The first-order valence-electron chi connectivity index (χ1n) is 6.13. The van der Waals surface area contributed by atoms with E-state index in [2.05, 4.69) is 0 Å². The van der Waals surface area contributed by atoms with Crippen molar-refractivity contribution in [2.45, 2.75) is 25.3 Å². The van der Waals surface area contributed by atoms with E-state index in [0.717, 1.165) is 0 Å². The average molecular weight is 258 g/mol. The Labute approximate surface area is 111 Å². The maximum Gasteiger partial charge on any atom is 0.326 e. The monoisotopic (exact) mass is 258 g/mol. The van der Waals surface area contributed by atoms with Crippen LogP contribution in [0, 0.1) is 11.3 Å². The number of carboxylic acid groups (broad SMARTS) is 1. The van der Waals surface area contributed by atoms with Crippen molar-refractivity contribution in [1.82, 2.24) is 4.90 Å². The van der Waals surface area contributed by atoms with Crippen LogP contribution in [0.4, 0.5) is 0 Å². The number of likely N-dealkylation sites (tertiary alicyclic amines) is 1. The lowest BCUT2D eigenvalue weighted by molar-refractivity contribution is -0.141.